The Morgan fingerprint density at radius 2 is 1.67 bits per heavy atom. The fraction of sp³-hybridized carbons (Fsp3) is 0.290. The number of hydrogen-bond acceptors (Lipinski definition) is 5. The van der Waals surface area contributed by atoms with E-state index in [0.29, 0.717) is 17.5 Å². The van der Waals surface area contributed by atoms with E-state index in [1.165, 1.54) is 18.2 Å². The smallest absolute Gasteiger partial charge is 0.344 e. The van der Waals surface area contributed by atoms with E-state index < -0.39 is 38.8 Å². The number of amides is 1. The summed E-state index contributed by atoms with van der Waals surface area (Å²) in [4.78, 5) is 15.2. The molecule has 0 saturated carbocycles. The van der Waals surface area contributed by atoms with Crippen LogP contribution in [0.25, 0.3) is 10.8 Å². The van der Waals surface area contributed by atoms with Gasteiger partial charge in [0.15, 0.2) is 5.71 Å². The third kappa shape index (κ3) is 5.22. The molecule has 220 valence electrons. The van der Waals surface area contributed by atoms with Crippen LogP contribution in [-0.4, -0.2) is 32.8 Å². The molecule has 0 bridgehead atoms. The Morgan fingerprint density at radius 1 is 1.00 bits per heavy atom. The van der Waals surface area contributed by atoms with Crippen LogP contribution in [0.5, 0.6) is 0 Å². The molecular formula is C31H31F3N4O3S. The summed E-state index contributed by atoms with van der Waals surface area (Å²) in [6, 6.07) is 16.7. The summed E-state index contributed by atoms with van der Waals surface area (Å²) in [5.74, 6) is -0.582. The van der Waals surface area contributed by atoms with Crippen molar-refractivity contribution < 1.29 is 26.4 Å². The van der Waals surface area contributed by atoms with Crippen LogP contribution < -0.4 is 15.0 Å². The number of hydrazone groups is 1. The minimum Gasteiger partial charge on any atom is -0.344 e. The number of halogens is 3. The zero-order valence-corrected chi connectivity index (χ0v) is 24.4. The highest BCUT2D eigenvalue weighted by Crippen LogP contribution is 2.51. The number of allylic oxidation sites excluding steroid dienone is 3. The molecule has 0 aliphatic carbocycles. The van der Waals surface area contributed by atoms with Crippen molar-refractivity contribution in [3.63, 3.8) is 0 Å². The maximum absolute atomic E-state index is 14.1. The van der Waals surface area contributed by atoms with Crippen molar-refractivity contribution in [2.24, 2.45) is 16.2 Å². The van der Waals surface area contributed by atoms with Crippen molar-refractivity contribution in [2.45, 2.75) is 50.6 Å². The molecule has 5 rings (SSSR count). The molecule has 2 aliphatic heterocycles. The number of nitrogens with zero attached hydrogens (tertiary/aromatic N) is 3. The number of carbonyl (C=O) groups excluding carboxylic acids is 1. The molecule has 11 heteroatoms. The van der Waals surface area contributed by atoms with Gasteiger partial charge in [-0.1, -0.05) is 58.0 Å². The Balaban J connectivity index is 1.61. The maximum Gasteiger partial charge on any atom is 0.435 e. The van der Waals surface area contributed by atoms with Gasteiger partial charge in [-0.2, -0.15) is 23.3 Å². The van der Waals surface area contributed by atoms with Crippen LogP contribution >= 0.6 is 0 Å². The van der Waals surface area contributed by atoms with E-state index in [2.05, 4.69) is 23.8 Å². The quantitative estimate of drug-likeness (QED) is 0.333. The number of benzene rings is 3. The first-order chi connectivity index (χ1) is 19.6. The Bertz CT molecular complexity index is 1770. The van der Waals surface area contributed by atoms with Gasteiger partial charge in [-0.25, -0.2) is 13.6 Å². The number of sulfonamides is 1. The topological polar surface area (TPSA) is 96.1 Å². The first kappa shape index (κ1) is 29.5. The Hall–Kier alpha value is -3.96. The van der Waals surface area contributed by atoms with Crippen molar-refractivity contribution in [1.82, 2.24) is 0 Å². The third-order valence-corrected chi connectivity index (χ3v) is 8.58. The van der Waals surface area contributed by atoms with E-state index in [1.54, 1.807) is 6.08 Å². The molecular weight excluding hydrogens is 565 g/mol. The fourth-order valence-corrected chi connectivity index (χ4v) is 6.07. The Kier molecular flexibility index (Phi) is 7.31. The number of fused-ring (bicyclic) bond motifs is 3. The predicted octanol–water partition coefficient (Wildman–Crippen LogP) is 6.41. The molecule has 3 aromatic carbocycles. The normalized spacial score (nSPS) is 19.0. The average molecular weight is 597 g/mol. The van der Waals surface area contributed by atoms with Gasteiger partial charge in [0.1, 0.15) is 0 Å². The minimum absolute atomic E-state index is 0.0242. The van der Waals surface area contributed by atoms with E-state index in [4.69, 9.17) is 5.14 Å². The van der Waals surface area contributed by atoms with Crippen molar-refractivity contribution in [3.05, 3.63) is 89.6 Å². The van der Waals surface area contributed by atoms with E-state index >= 15 is 0 Å². The van der Waals surface area contributed by atoms with Gasteiger partial charge < -0.3 is 4.90 Å². The van der Waals surface area contributed by atoms with Gasteiger partial charge in [-0.3, -0.25) is 4.79 Å². The van der Waals surface area contributed by atoms with Crippen LogP contribution in [0.2, 0.25) is 0 Å². The highest BCUT2D eigenvalue weighted by Gasteiger charge is 2.47. The molecule has 0 unspecified atom stereocenters. The van der Waals surface area contributed by atoms with Crippen molar-refractivity contribution in [2.75, 3.05) is 16.5 Å². The second kappa shape index (κ2) is 10.4. The van der Waals surface area contributed by atoms with E-state index in [1.807, 2.05) is 50.2 Å². The summed E-state index contributed by atoms with van der Waals surface area (Å²) >= 11 is 0. The van der Waals surface area contributed by atoms with Crippen LogP contribution in [0.4, 0.5) is 24.5 Å². The molecule has 0 fully saturated rings. The van der Waals surface area contributed by atoms with Gasteiger partial charge in [0.2, 0.25) is 10.0 Å². The molecule has 0 aromatic heterocycles. The summed E-state index contributed by atoms with van der Waals surface area (Å²) in [5.41, 5.74) is 0.301. The molecule has 2 N–H and O–H groups in total. The highest BCUT2D eigenvalue weighted by molar-refractivity contribution is 7.89. The number of nitrogens with two attached hydrogens (primary N) is 1. The number of primary sulfonamides is 1. The summed E-state index contributed by atoms with van der Waals surface area (Å²) in [5, 5.41) is 11.5. The van der Waals surface area contributed by atoms with Crippen LogP contribution in [-0.2, 0) is 20.2 Å². The van der Waals surface area contributed by atoms with Gasteiger partial charge in [-0.05, 0) is 71.2 Å². The molecule has 7 nitrogen and oxygen atoms in total. The molecule has 0 atom stereocenters. The van der Waals surface area contributed by atoms with Gasteiger partial charge in [0.25, 0.3) is 5.91 Å². The lowest BCUT2D eigenvalue weighted by Gasteiger charge is -2.27. The molecule has 3 aromatic rings. The number of carbonyl (C=O) groups is 1. The second-order valence-electron chi connectivity index (χ2n) is 11.4. The molecule has 0 saturated heterocycles. The van der Waals surface area contributed by atoms with Gasteiger partial charge in [0, 0.05) is 23.3 Å². The van der Waals surface area contributed by atoms with Crippen molar-refractivity contribution >= 4 is 43.8 Å². The zero-order chi connectivity index (χ0) is 30.6. The van der Waals surface area contributed by atoms with Crippen LogP contribution in [0.1, 0.15) is 39.7 Å². The summed E-state index contributed by atoms with van der Waals surface area (Å²) in [6.45, 7) is 8.94. The minimum atomic E-state index is -4.91. The van der Waals surface area contributed by atoms with Crippen LogP contribution in [0.15, 0.2) is 94.1 Å². The summed E-state index contributed by atoms with van der Waals surface area (Å²) in [7, 11) is -4.03. The van der Waals surface area contributed by atoms with Crippen molar-refractivity contribution in [3.8, 4) is 0 Å². The monoisotopic (exact) mass is 596 g/mol. The van der Waals surface area contributed by atoms with Crippen LogP contribution in [0.3, 0.4) is 0 Å². The predicted molar refractivity (Wildman–Crippen MR) is 159 cm³/mol. The fourth-order valence-electron chi connectivity index (χ4n) is 5.55. The Labute approximate surface area is 242 Å². The summed E-state index contributed by atoms with van der Waals surface area (Å²) < 4.78 is 65.6. The molecule has 0 spiro atoms. The number of anilines is 2. The van der Waals surface area contributed by atoms with Crippen LogP contribution in [0, 0.1) is 5.92 Å². The van der Waals surface area contributed by atoms with E-state index in [-0.39, 0.29) is 10.6 Å². The largest absolute Gasteiger partial charge is 0.435 e. The number of rotatable bonds is 6. The van der Waals surface area contributed by atoms with Gasteiger partial charge in [0.05, 0.1) is 16.2 Å². The molecule has 1 amide bonds. The zero-order valence-electron chi connectivity index (χ0n) is 23.6. The maximum atomic E-state index is 14.1. The lowest BCUT2D eigenvalue weighted by atomic mass is 9.81. The molecule has 42 heavy (non-hydrogen) atoms. The van der Waals surface area contributed by atoms with Gasteiger partial charge >= 0.3 is 6.18 Å². The van der Waals surface area contributed by atoms with Crippen molar-refractivity contribution in [1.29, 1.82) is 0 Å². The first-order valence-electron chi connectivity index (χ1n) is 13.5. The summed E-state index contributed by atoms with van der Waals surface area (Å²) in [6.07, 6.45) is -1.26. The van der Waals surface area contributed by atoms with E-state index in [0.717, 1.165) is 46.3 Å². The number of hydrogen-bond donors (Lipinski definition) is 1. The third-order valence-electron chi connectivity index (χ3n) is 7.65. The molecule has 2 heterocycles. The second-order valence-corrected chi connectivity index (χ2v) is 12.9. The van der Waals surface area contributed by atoms with Gasteiger partial charge in [-0.15, -0.1) is 0 Å². The van der Waals surface area contributed by atoms with E-state index in [9.17, 15) is 26.4 Å². The standard InChI is InChI=1S/C31H31F3N4O3S/c1-19(2)17-18-37-25-15-9-20-7-5-6-8-23(20)27(25)30(3,4)26(37)16-14-24-28(31(32,33)34)36-38(29(24)39)21-10-12-22(13-11-21)42(35,40)41/h5-16,19H,17-18H2,1-4H3,(H2,35,40,41)/b24-14-,26-16+. The number of alkyl halides is 3. The Morgan fingerprint density at radius 3 is 2.29 bits per heavy atom. The highest BCUT2D eigenvalue weighted by atomic mass is 32.2. The lowest BCUT2D eigenvalue weighted by Crippen LogP contribution is -2.28. The molecule has 2 aliphatic rings. The lowest BCUT2D eigenvalue weighted by molar-refractivity contribution is -0.114. The first-order valence-corrected chi connectivity index (χ1v) is 15.0. The average Bonchev–Trinajstić information content (AvgIpc) is 3.36. The molecule has 0 radical (unpaired) electrons. The SMILES string of the molecule is CC(C)CCN1/C(=C/C=C2\C(=O)N(c3ccc(S(N)(=O)=O)cc3)N=C2C(F)(F)F)C(C)(C)c2c1ccc1ccccc21.